The molecule has 0 saturated heterocycles. The van der Waals surface area contributed by atoms with Crippen molar-refractivity contribution in [2.24, 2.45) is 0 Å². The Hall–Kier alpha value is -3.54. The lowest BCUT2D eigenvalue weighted by molar-refractivity contribution is 0.102. The Kier molecular flexibility index (Phi) is 7.09. The highest BCUT2D eigenvalue weighted by Gasteiger charge is 2.27. The number of hydrogen-bond donors (Lipinski definition) is 1. The van der Waals surface area contributed by atoms with Gasteiger partial charge in [0.25, 0.3) is 12.3 Å². The molecule has 0 saturated carbocycles. The molecule has 0 bridgehead atoms. The monoisotopic (exact) mass is 542 g/mol. The minimum atomic E-state index is -2.58. The number of nitrogens with one attached hydrogen (secondary N) is 1. The van der Waals surface area contributed by atoms with Gasteiger partial charge in [0.05, 0.1) is 30.3 Å². The number of ether oxygens (including phenoxy) is 1. The van der Waals surface area contributed by atoms with Gasteiger partial charge in [0.15, 0.2) is 5.13 Å². The fourth-order valence-corrected chi connectivity index (χ4v) is 5.34. The molecule has 5 rings (SSSR count). The third-order valence-electron chi connectivity index (χ3n) is 5.90. The lowest BCUT2D eigenvalue weighted by atomic mass is 10.0. The normalized spacial score (nSPS) is 13.1. The van der Waals surface area contributed by atoms with Crippen molar-refractivity contribution in [2.75, 3.05) is 12.4 Å². The quantitative estimate of drug-likeness (QED) is 0.301. The number of hydrogen-bond acceptors (Lipinski definition) is 8. The summed E-state index contributed by atoms with van der Waals surface area (Å²) in [6.07, 6.45) is 1.94. The molecular weight excluding hydrogens is 522 g/mol. The number of thiazole rings is 1. The average Bonchev–Trinajstić information content (AvgIpc) is 3.41. The first-order valence-corrected chi connectivity index (χ1v) is 12.4. The first-order chi connectivity index (χ1) is 17.8. The number of fused-ring (bicyclic) bond motifs is 1. The number of alkyl halides is 2. The summed E-state index contributed by atoms with van der Waals surface area (Å²) < 4.78 is 32.0. The number of rotatable bonds is 7. The maximum atomic E-state index is 13.3. The number of amides is 1. The van der Waals surface area contributed by atoms with Crippen molar-refractivity contribution in [1.29, 1.82) is 0 Å². The van der Waals surface area contributed by atoms with Crippen LogP contribution >= 0.6 is 22.9 Å². The van der Waals surface area contributed by atoms with Crippen LogP contribution < -0.4 is 10.1 Å². The van der Waals surface area contributed by atoms with E-state index >= 15 is 0 Å². The highest BCUT2D eigenvalue weighted by atomic mass is 35.5. The molecule has 0 aliphatic carbocycles. The van der Waals surface area contributed by atoms with E-state index in [1.165, 1.54) is 49.2 Å². The van der Waals surface area contributed by atoms with E-state index in [0.717, 1.165) is 16.3 Å². The number of carbonyl (C=O) groups excluding carboxylic acids is 1. The van der Waals surface area contributed by atoms with Gasteiger partial charge < -0.3 is 4.74 Å². The van der Waals surface area contributed by atoms with Gasteiger partial charge >= 0.3 is 0 Å². The number of pyridine rings is 3. The number of nitrogens with zero attached hydrogens (tertiary/aromatic N) is 5. The summed E-state index contributed by atoms with van der Waals surface area (Å²) in [5, 5.41) is 3.59. The van der Waals surface area contributed by atoms with Gasteiger partial charge in [-0.25, -0.2) is 18.7 Å². The lowest BCUT2D eigenvalue weighted by Gasteiger charge is -2.16. The Morgan fingerprint density at radius 2 is 2.05 bits per heavy atom. The van der Waals surface area contributed by atoms with Crippen LogP contribution in [0.2, 0.25) is 5.15 Å². The topological polar surface area (TPSA) is 93.1 Å². The van der Waals surface area contributed by atoms with E-state index in [0.29, 0.717) is 52.9 Å². The summed E-state index contributed by atoms with van der Waals surface area (Å²) >= 11 is 7.47. The maximum Gasteiger partial charge on any atom is 0.265 e. The number of carbonyl (C=O) groups is 1. The molecule has 1 amide bonds. The molecule has 5 heterocycles. The highest BCUT2D eigenvalue weighted by molar-refractivity contribution is 7.15. The number of halogens is 3. The zero-order valence-corrected chi connectivity index (χ0v) is 21.4. The van der Waals surface area contributed by atoms with Crippen LogP contribution in [0, 0.1) is 6.92 Å². The van der Waals surface area contributed by atoms with Gasteiger partial charge in [-0.3, -0.25) is 25.0 Å². The molecule has 1 aliphatic rings. The average molecular weight is 543 g/mol. The molecule has 12 heteroatoms. The summed E-state index contributed by atoms with van der Waals surface area (Å²) in [7, 11) is 1.52. The summed E-state index contributed by atoms with van der Waals surface area (Å²) in [6, 6.07) is 6.33. The number of anilines is 1. The largest absolute Gasteiger partial charge is 0.494 e. The molecule has 8 nitrogen and oxygen atoms in total. The predicted octanol–water partition coefficient (Wildman–Crippen LogP) is 5.67. The summed E-state index contributed by atoms with van der Waals surface area (Å²) in [4.78, 5) is 33.3. The van der Waals surface area contributed by atoms with Crippen molar-refractivity contribution in [3.63, 3.8) is 0 Å². The van der Waals surface area contributed by atoms with Crippen LogP contribution in [-0.2, 0) is 19.6 Å². The predicted molar refractivity (Wildman–Crippen MR) is 136 cm³/mol. The molecule has 1 N–H and O–H groups in total. The van der Waals surface area contributed by atoms with Crippen LogP contribution in [0.1, 0.15) is 44.3 Å². The molecule has 0 atom stereocenters. The number of methoxy groups -OCH3 is 1. The van der Waals surface area contributed by atoms with Crippen LogP contribution in [0.25, 0.3) is 11.1 Å². The van der Waals surface area contributed by atoms with Crippen molar-refractivity contribution in [1.82, 2.24) is 24.8 Å². The fourth-order valence-electron chi connectivity index (χ4n) is 4.18. The zero-order valence-electron chi connectivity index (χ0n) is 19.8. The summed E-state index contributed by atoms with van der Waals surface area (Å²) in [6.45, 7) is 3.13. The van der Waals surface area contributed by atoms with Crippen LogP contribution in [0.3, 0.4) is 0 Å². The second-order valence-electron chi connectivity index (χ2n) is 8.41. The first-order valence-electron chi connectivity index (χ1n) is 11.2. The number of aromatic nitrogens is 4. The van der Waals surface area contributed by atoms with Gasteiger partial charge in [-0.05, 0) is 31.2 Å². The third kappa shape index (κ3) is 5.29. The van der Waals surface area contributed by atoms with Crippen molar-refractivity contribution < 1.29 is 18.3 Å². The van der Waals surface area contributed by atoms with E-state index in [4.69, 9.17) is 16.3 Å². The van der Waals surface area contributed by atoms with Gasteiger partial charge in [0.1, 0.15) is 10.9 Å². The van der Waals surface area contributed by atoms with E-state index in [1.807, 2.05) is 11.8 Å². The maximum absolute atomic E-state index is 13.3. The molecule has 4 aromatic rings. The second-order valence-corrected chi connectivity index (χ2v) is 9.88. The SMILES string of the molecule is COc1cnc(Cl)cc1-c1cc(C)ncc1C(=O)Nc1nc2c(s1)CN(Cc1ncccc1C(F)F)C2. The second kappa shape index (κ2) is 10.4. The molecule has 0 radical (unpaired) electrons. The fraction of sp³-hybridized carbons (Fsp3) is 0.240. The Balaban J connectivity index is 1.33. The molecule has 0 spiro atoms. The van der Waals surface area contributed by atoms with E-state index in [9.17, 15) is 13.6 Å². The lowest BCUT2D eigenvalue weighted by Crippen LogP contribution is -2.18. The van der Waals surface area contributed by atoms with Gasteiger partial charge in [-0.15, -0.1) is 11.3 Å². The van der Waals surface area contributed by atoms with Crippen molar-refractivity contribution in [3.8, 4) is 16.9 Å². The van der Waals surface area contributed by atoms with Crippen LogP contribution in [0.4, 0.5) is 13.9 Å². The minimum Gasteiger partial charge on any atom is -0.494 e. The Morgan fingerprint density at radius 1 is 1.22 bits per heavy atom. The summed E-state index contributed by atoms with van der Waals surface area (Å²) in [5.41, 5.74) is 3.37. The van der Waals surface area contributed by atoms with Crippen molar-refractivity contribution in [3.05, 3.63) is 81.1 Å². The van der Waals surface area contributed by atoms with Gasteiger partial charge in [0.2, 0.25) is 0 Å². The van der Waals surface area contributed by atoms with Crippen molar-refractivity contribution in [2.45, 2.75) is 33.0 Å². The molecule has 0 fully saturated rings. The Morgan fingerprint density at radius 3 is 2.81 bits per heavy atom. The Labute approximate surface area is 220 Å². The molecule has 4 aromatic heterocycles. The molecule has 1 aliphatic heterocycles. The van der Waals surface area contributed by atoms with E-state index in [2.05, 4.69) is 25.3 Å². The van der Waals surface area contributed by atoms with E-state index in [-0.39, 0.29) is 16.6 Å². The first kappa shape index (κ1) is 25.1. The van der Waals surface area contributed by atoms with E-state index in [1.54, 1.807) is 12.1 Å². The van der Waals surface area contributed by atoms with Crippen LogP contribution in [0.5, 0.6) is 5.75 Å². The Bertz CT molecular complexity index is 1460. The molecule has 37 heavy (non-hydrogen) atoms. The zero-order chi connectivity index (χ0) is 26.1. The van der Waals surface area contributed by atoms with Crippen LogP contribution in [0.15, 0.2) is 42.9 Å². The molecular formula is C25H21ClF2N6O2S. The van der Waals surface area contributed by atoms with Crippen molar-refractivity contribution >= 4 is 34.0 Å². The van der Waals surface area contributed by atoms with Crippen LogP contribution in [-0.4, -0.2) is 37.9 Å². The molecule has 190 valence electrons. The van der Waals surface area contributed by atoms with Gasteiger partial charge in [-0.2, -0.15) is 0 Å². The minimum absolute atomic E-state index is 0.0618. The number of aryl methyl sites for hydroxylation is 1. The smallest absolute Gasteiger partial charge is 0.265 e. The standard InChI is InChI=1S/C25H21ClF2N6O2S/c1-13-6-15(16-7-22(26)31-9-20(16)36-2)17(8-30-13)24(35)33-25-32-19-11-34(12-21(19)37-25)10-18-14(23(27)28)4-3-5-29-18/h3-9,23H,10-12H2,1-2H3,(H,32,33,35). The van der Waals surface area contributed by atoms with E-state index < -0.39 is 6.43 Å². The highest BCUT2D eigenvalue weighted by Crippen LogP contribution is 2.36. The van der Waals surface area contributed by atoms with Gasteiger partial charge in [0, 0.05) is 59.3 Å². The van der Waals surface area contributed by atoms with Gasteiger partial charge in [-0.1, -0.05) is 11.6 Å². The summed E-state index contributed by atoms with van der Waals surface area (Å²) in [5.74, 6) is 0.0945. The third-order valence-corrected chi connectivity index (χ3v) is 7.11. The molecule has 0 aromatic carbocycles. The molecule has 0 unspecified atom stereocenters.